The molecule has 0 spiro atoms. The molecule has 0 radical (unpaired) electrons. The fraction of sp³-hybridized carbons (Fsp3) is 0.667. The van der Waals surface area contributed by atoms with Crippen molar-refractivity contribution in [3.8, 4) is 0 Å². The van der Waals surface area contributed by atoms with Crippen LogP contribution in [-0.2, 0) is 14.3 Å². The van der Waals surface area contributed by atoms with Gasteiger partial charge >= 0.3 is 5.97 Å². The topological polar surface area (TPSA) is 83.8 Å². The Hall–Kier alpha value is -1.88. The first-order valence-electron chi connectivity index (χ1n) is 10.5. The SMILES string of the molecule is CCC(C)C(=O)/C=C(\O)[C@@]1(CC=C(C)C)C[C@@H]([C@@](C)(O)CCC=C(C)C)OC1=O. The molecule has 1 unspecified atom stereocenters. The standard InChI is InChI=1S/C24H38O5/c1-8-18(6)19(25)14-20(26)24(13-11-17(4)5)15-21(29-22(24)27)23(7,28)12-9-10-16(2)3/h10-11,14,18,21,26,28H,8-9,12-13,15H2,1-7H3/b20-14-/t18?,21-,23-,24+/m0/s1. The lowest BCUT2D eigenvalue weighted by atomic mass is 9.75. The van der Waals surface area contributed by atoms with E-state index in [0.29, 0.717) is 19.3 Å². The number of hydrogen-bond acceptors (Lipinski definition) is 5. The third kappa shape index (κ3) is 6.56. The van der Waals surface area contributed by atoms with E-state index in [0.717, 1.165) is 11.1 Å². The van der Waals surface area contributed by atoms with Crippen LogP contribution in [0.15, 0.2) is 35.1 Å². The second kappa shape index (κ2) is 10.2. The summed E-state index contributed by atoms with van der Waals surface area (Å²) in [6, 6.07) is 0. The molecule has 0 saturated carbocycles. The number of ketones is 1. The molecule has 1 heterocycles. The van der Waals surface area contributed by atoms with Crippen LogP contribution in [0.25, 0.3) is 0 Å². The summed E-state index contributed by atoms with van der Waals surface area (Å²) in [5.41, 5.74) is -0.413. The minimum atomic E-state index is -1.34. The number of aliphatic hydroxyl groups excluding tert-OH is 1. The number of esters is 1. The summed E-state index contributed by atoms with van der Waals surface area (Å²) in [5, 5.41) is 21.8. The third-order valence-electron chi connectivity index (χ3n) is 5.80. The summed E-state index contributed by atoms with van der Waals surface area (Å²) in [7, 11) is 0. The molecule has 5 nitrogen and oxygen atoms in total. The second-order valence-corrected chi connectivity index (χ2v) is 9.08. The fourth-order valence-corrected chi connectivity index (χ4v) is 3.32. The zero-order valence-corrected chi connectivity index (χ0v) is 19.0. The molecule has 0 aromatic heterocycles. The molecule has 4 atom stereocenters. The molecule has 29 heavy (non-hydrogen) atoms. The van der Waals surface area contributed by atoms with Crippen molar-refractivity contribution in [1.82, 2.24) is 0 Å². The van der Waals surface area contributed by atoms with Crippen LogP contribution < -0.4 is 0 Å². The minimum Gasteiger partial charge on any atom is -0.511 e. The van der Waals surface area contributed by atoms with E-state index in [1.54, 1.807) is 13.8 Å². The minimum absolute atomic E-state index is 0.132. The van der Waals surface area contributed by atoms with Crippen LogP contribution in [0.3, 0.4) is 0 Å². The first-order chi connectivity index (χ1) is 13.4. The maximum absolute atomic E-state index is 12.9. The average molecular weight is 407 g/mol. The summed E-state index contributed by atoms with van der Waals surface area (Å²) in [6.45, 7) is 13.1. The smallest absolute Gasteiger partial charge is 0.320 e. The van der Waals surface area contributed by atoms with Gasteiger partial charge in [0.1, 0.15) is 17.3 Å². The van der Waals surface area contributed by atoms with Crippen LogP contribution in [0.1, 0.15) is 80.6 Å². The van der Waals surface area contributed by atoms with E-state index in [9.17, 15) is 19.8 Å². The van der Waals surface area contributed by atoms with E-state index in [1.807, 2.05) is 46.8 Å². The lowest BCUT2D eigenvalue weighted by molar-refractivity contribution is -0.156. The molecule has 0 aliphatic carbocycles. The Balaban J connectivity index is 3.22. The van der Waals surface area contributed by atoms with Crippen molar-refractivity contribution in [2.24, 2.45) is 11.3 Å². The Morgan fingerprint density at radius 1 is 1.28 bits per heavy atom. The molecular formula is C24H38O5. The largest absolute Gasteiger partial charge is 0.511 e. The van der Waals surface area contributed by atoms with Gasteiger partial charge in [-0.2, -0.15) is 0 Å². The highest BCUT2D eigenvalue weighted by Gasteiger charge is 2.56. The monoisotopic (exact) mass is 406 g/mol. The predicted octanol–water partition coefficient (Wildman–Crippen LogP) is 5.20. The Kier molecular flexibility index (Phi) is 8.88. The van der Waals surface area contributed by atoms with Gasteiger partial charge in [-0.05, 0) is 60.3 Å². The molecule has 1 saturated heterocycles. The van der Waals surface area contributed by atoms with E-state index in [1.165, 1.54) is 6.08 Å². The number of cyclic esters (lactones) is 1. The molecule has 164 valence electrons. The number of hydrogen-bond donors (Lipinski definition) is 2. The highest BCUT2D eigenvalue weighted by atomic mass is 16.6. The zero-order chi connectivity index (χ0) is 22.4. The van der Waals surface area contributed by atoms with Crippen molar-refractivity contribution in [2.75, 3.05) is 0 Å². The number of ether oxygens (including phenoxy) is 1. The highest BCUT2D eigenvalue weighted by Crippen LogP contribution is 2.46. The van der Waals surface area contributed by atoms with Gasteiger partial charge in [0.2, 0.25) is 0 Å². The molecule has 0 bridgehead atoms. The van der Waals surface area contributed by atoms with Gasteiger partial charge in [0.05, 0.1) is 5.60 Å². The van der Waals surface area contributed by atoms with E-state index in [2.05, 4.69) is 0 Å². The Bertz CT molecular complexity index is 690. The second-order valence-electron chi connectivity index (χ2n) is 9.08. The van der Waals surface area contributed by atoms with Crippen LogP contribution in [-0.4, -0.2) is 33.7 Å². The third-order valence-corrected chi connectivity index (χ3v) is 5.80. The molecule has 1 rings (SSSR count). The van der Waals surface area contributed by atoms with Crippen molar-refractivity contribution in [1.29, 1.82) is 0 Å². The Morgan fingerprint density at radius 2 is 1.86 bits per heavy atom. The molecule has 0 aromatic rings. The van der Waals surface area contributed by atoms with Crippen LogP contribution in [0, 0.1) is 11.3 Å². The summed E-state index contributed by atoms with van der Waals surface area (Å²) >= 11 is 0. The molecule has 0 amide bonds. The number of aliphatic hydroxyl groups is 2. The van der Waals surface area contributed by atoms with Gasteiger partial charge in [-0.25, -0.2) is 0 Å². The lowest BCUT2D eigenvalue weighted by Gasteiger charge is -2.29. The first kappa shape index (κ1) is 25.2. The summed E-state index contributed by atoms with van der Waals surface area (Å²) in [5.74, 6) is -1.31. The number of rotatable bonds is 10. The van der Waals surface area contributed by atoms with E-state index >= 15 is 0 Å². The van der Waals surface area contributed by atoms with Crippen LogP contribution >= 0.6 is 0 Å². The molecule has 5 heteroatoms. The maximum Gasteiger partial charge on any atom is 0.320 e. The Morgan fingerprint density at radius 3 is 2.38 bits per heavy atom. The van der Waals surface area contributed by atoms with Crippen molar-refractivity contribution in [3.05, 3.63) is 35.1 Å². The van der Waals surface area contributed by atoms with Gasteiger partial charge in [-0.1, -0.05) is 37.1 Å². The molecule has 1 fully saturated rings. The lowest BCUT2D eigenvalue weighted by Crippen LogP contribution is -2.39. The van der Waals surface area contributed by atoms with Gasteiger partial charge in [0.25, 0.3) is 0 Å². The van der Waals surface area contributed by atoms with Gasteiger partial charge in [0.15, 0.2) is 5.78 Å². The van der Waals surface area contributed by atoms with Gasteiger partial charge in [-0.15, -0.1) is 0 Å². The quantitative estimate of drug-likeness (QED) is 0.225. The fourth-order valence-electron chi connectivity index (χ4n) is 3.32. The Labute approximate surface area is 175 Å². The molecule has 2 N–H and O–H groups in total. The van der Waals surface area contributed by atoms with Gasteiger partial charge in [0, 0.05) is 18.4 Å². The number of allylic oxidation sites excluding steroid dienone is 5. The summed E-state index contributed by atoms with van der Waals surface area (Å²) in [4.78, 5) is 25.3. The van der Waals surface area contributed by atoms with Gasteiger partial charge < -0.3 is 14.9 Å². The van der Waals surface area contributed by atoms with Gasteiger partial charge in [-0.3, -0.25) is 9.59 Å². The highest BCUT2D eigenvalue weighted by molar-refractivity contribution is 5.93. The van der Waals surface area contributed by atoms with Crippen molar-refractivity contribution < 1.29 is 24.5 Å². The molecule has 0 aromatic carbocycles. The van der Waals surface area contributed by atoms with E-state index in [-0.39, 0.29) is 30.3 Å². The normalized spacial score (nSPS) is 25.0. The van der Waals surface area contributed by atoms with Crippen molar-refractivity contribution >= 4 is 11.8 Å². The number of carbonyl (C=O) groups is 2. The molecule has 1 aliphatic heterocycles. The maximum atomic E-state index is 12.9. The average Bonchev–Trinajstić information content (AvgIpc) is 2.97. The predicted molar refractivity (Wildman–Crippen MR) is 115 cm³/mol. The zero-order valence-electron chi connectivity index (χ0n) is 19.0. The number of carbonyl (C=O) groups excluding carboxylic acids is 2. The van der Waals surface area contributed by atoms with E-state index < -0.39 is 23.1 Å². The first-order valence-corrected chi connectivity index (χ1v) is 10.5. The molecule has 1 aliphatic rings. The molecular weight excluding hydrogens is 368 g/mol. The summed E-state index contributed by atoms with van der Waals surface area (Å²) in [6.07, 6.45) is 6.43. The van der Waals surface area contributed by atoms with Crippen LogP contribution in [0.2, 0.25) is 0 Å². The summed E-state index contributed by atoms with van der Waals surface area (Å²) < 4.78 is 5.57. The van der Waals surface area contributed by atoms with Crippen molar-refractivity contribution in [2.45, 2.75) is 92.3 Å². The van der Waals surface area contributed by atoms with Crippen LogP contribution in [0.4, 0.5) is 0 Å². The van der Waals surface area contributed by atoms with Crippen LogP contribution in [0.5, 0.6) is 0 Å². The van der Waals surface area contributed by atoms with Crippen molar-refractivity contribution in [3.63, 3.8) is 0 Å². The van der Waals surface area contributed by atoms with E-state index in [4.69, 9.17) is 4.74 Å².